The largest absolute Gasteiger partial charge is 0.309 e. The minimum atomic E-state index is -0.440. The monoisotopic (exact) mass is 296 g/mol. The smallest absolute Gasteiger partial charge is 0.269 e. The van der Waals surface area contributed by atoms with Crippen molar-refractivity contribution in [3.63, 3.8) is 0 Å². The number of para-hydroxylation sites is 1. The number of non-ortho nitro benzene ring substituents is 1. The van der Waals surface area contributed by atoms with E-state index in [1.165, 1.54) is 17.7 Å². The Kier molecular flexibility index (Phi) is 3.63. The van der Waals surface area contributed by atoms with E-state index in [9.17, 15) is 14.9 Å². The van der Waals surface area contributed by atoms with E-state index in [1.807, 2.05) is 36.1 Å². The molecule has 3 rings (SSSR count). The number of hydrogen-bond acceptors (Lipinski definition) is 3. The van der Waals surface area contributed by atoms with Crippen LogP contribution in [0.3, 0.4) is 0 Å². The first-order chi connectivity index (χ1) is 10.6. The SMILES string of the molecule is C[C@H]1Cc2ccccc2N1C(=O)Cc1ccc([N+](=O)[O-])cc1. The molecule has 1 atom stereocenters. The maximum atomic E-state index is 12.6. The second kappa shape index (κ2) is 5.60. The number of nitrogens with zero attached hydrogens (tertiary/aromatic N) is 2. The second-order valence-electron chi connectivity index (χ2n) is 5.55. The molecule has 22 heavy (non-hydrogen) atoms. The topological polar surface area (TPSA) is 63.5 Å². The van der Waals surface area contributed by atoms with Gasteiger partial charge in [0.05, 0.1) is 11.3 Å². The van der Waals surface area contributed by atoms with Crippen LogP contribution in [0.15, 0.2) is 48.5 Å². The quantitative estimate of drug-likeness (QED) is 0.645. The number of benzene rings is 2. The van der Waals surface area contributed by atoms with Gasteiger partial charge >= 0.3 is 0 Å². The molecule has 0 saturated carbocycles. The third-order valence-electron chi connectivity index (χ3n) is 3.98. The minimum absolute atomic E-state index is 0.0197. The van der Waals surface area contributed by atoms with Crippen molar-refractivity contribution >= 4 is 17.3 Å². The fourth-order valence-corrected chi connectivity index (χ4v) is 2.94. The van der Waals surface area contributed by atoms with Crippen LogP contribution in [0, 0.1) is 10.1 Å². The minimum Gasteiger partial charge on any atom is -0.309 e. The number of fused-ring (bicyclic) bond motifs is 1. The van der Waals surface area contributed by atoms with Crippen LogP contribution in [0.4, 0.5) is 11.4 Å². The van der Waals surface area contributed by atoms with Gasteiger partial charge in [0.25, 0.3) is 5.69 Å². The van der Waals surface area contributed by atoms with E-state index in [4.69, 9.17) is 0 Å². The summed E-state index contributed by atoms with van der Waals surface area (Å²) in [5.74, 6) is 0.0197. The van der Waals surface area contributed by atoms with Gasteiger partial charge in [-0.2, -0.15) is 0 Å². The Balaban J connectivity index is 1.78. The van der Waals surface area contributed by atoms with Crippen molar-refractivity contribution in [2.24, 2.45) is 0 Å². The molecule has 0 saturated heterocycles. The van der Waals surface area contributed by atoms with Gasteiger partial charge in [-0.25, -0.2) is 0 Å². The molecule has 1 aliphatic rings. The van der Waals surface area contributed by atoms with Crippen LogP contribution in [0.25, 0.3) is 0 Å². The van der Waals surface area contributed by atoms with Crippen molar-refractivity contribution in [2.45, 2.75) is 25.8 Å². The Morgan fingerprint density at radius 1 is 1.23 bits per heavy atom. The van der Waals surface area contributed by atoms with Gasteiger partial charge in [0.1, 0.15) is 0 Å². The van der Waals surface area contributed by atoms with Crippen molar-refractivity contribution in [2.75, 3.05) is 4.90 Å². The molecule has 0 aliphatic carbocycles. The highest BCUT2D eigenvalue weighted by Crippen LogP contribution is 2.32. The molecule has 1 amide bonds. The van der Waals surface area contributed by atoms with Crippen LogP contribution < -0.4 is 4.90 Å². The van der Waals surface area contributed by atoms with Crippen molar-refractivity contribution in [1.82, 2.24) is 0 Å². The normalized spacial score (nSPS) is 16.4. The summed E-state index contributed by atoms with van der Waals surface area (Å²) in [5.41, 5.74) is 2.98. The van der Waals surface area contributed by atoms with Gasteiger partial charge in [-0.3, -0.25) is 14.9 Å². The van der Waals surface area contributed by atoms with E-state index in [1.54, 1.807) is 12.1 Å². The van der Waals surface area contributed by atoms with E-state index in [2.05, 4.69) is 0 Å². The lowest BCUT2D eigenvalue weighted by Gasteiger charge is -2.22. The van der Waals surface area contributed by atoms with Gasteiger partial charge in [0, 0.05) is 23.9 Å². The van der Waals surface area contributed by atoms with Crippen LogP contribution >= 0.6 is 0 Å². The summed E-state index contributed by atoms with van der Waals surface area (Å²) in [6.45, 7) is 2.04. The Bertz CT molecular complexity index is 725. The molecule has 0 fully saturated rings. The van der Waals surface area contributed by atoms with Crippen LogP contribution in [0.1, 0.15) is 18.1 Å². The molecule has 0 aromatic heterocycles. The zero-order valence-electron chi connectivity index (χ0n) is 12.2. The van der Waals surface area contributed by atoms with E-state index in [-0.39, 0.29) is 24.1 Å². The van der Waals surface area contributed by atoms with Gasteiger partial charge < -0.3 is 4.90 Å². The average Bonchev–Trinajstić information content (AvgIpc) is 2.83. The van der Waals surface area contributed by atoms with E-state index < -0.39 is 4.92 Å². The highest BCUT2D eigenvalue weighted by atomic mass is 16.6. The molecular weight excluding hydrogens is 280 g/mol. The molecular formula is C17H16N2O3. The molecule has 0 spiro atoms. The van der Waals surface area contributed by atoms with Gasteiger partial charge in [0.2, 0.25) is 5.91 Å². The van der Waals surface area contributed by atoms with Gasteiger partial charge in [0.15, 0.2) is 0 Å². The molecule has 0 radical (unpaired) electrons. The Labute approximate surface area is 128 Å². The lowest BCUT2D eigenvalue weighted by Crippen LogP contribution is -2.36. The number of nitro groups is 1. The number of anilines is 1. The van der Waals surface area contributed by atoms with Crippen molar-refractivity contribution < 1.29 is 9.72 Å². The standard InChI is InChI=1S/C17H16N2O3/c1-12-10-14-4-2-3-5-16(14)18(12)17(20)11-13-6-8-15(9-7-13)19(21)22/h2-9,12H,10-11H2,1H3/t12-/m0/s1. The number of carbonyl (C=O) groups is 1. The number of carbonyl (C=O) groups excluding carboxylic acids is 1. The van der Waals surface area contributed by atoms with Gasteiger partial charge in [-0.1, -0.05) is 30.3 Å². The first kappa shape index (κ1) is 14.3. The summed E-state index contributed by atoms with van der Waals surface area (Å²) < 4.78 is 0. The highest BCUT2D eigenvalue weighted by Gasteiger charge is 2.30. The fraction of sp³-hybridized carbons (Fsp3) is 0.235. The molecule has 5 nitrogen and oxygen atoms in total. The predicted molar refractivity (Wildman–Crippen MR) is 83.9 cm³/mol. The lowest BCUT2D eigenvalue weighted by molar-refractivity contribution is -0.384. The van der Waals surface area contributed by atoms with Crippen LogP contribution in [0.2, 0.25) is 0 Å². The van der Waals surface area contributed by atoms with E-state index in [0.29, 0.717) is 0 Å². The molecule has 0 bridgehead atoms. The molecule has 1 aliphatic heterocycles. The van der Waals surface area contributed by atoms with Crippen molar-refractivity contribution in [3.8, 4) is 0 Å². The third kappa shape index (κ3) is 2.57. The van der Waals surface area contributed by atoms with Crippen molar-refractivity contribution in [1.29, 1.82) is 0 Å². The van der Waals surface area contributed by atoms with Crippen molar-refractivity contribution in [3.05, 3.63) is 69.8 Å². The number of rotatable bonds is 3. The molecule has 112 valence electrons. The van der Waals surface area contributed by atoms with E-state index >= 15 is 0 Å². The third-order valence-corrected chi connectivity index (χ3v) is 3.98. The summed E-state index contributed by atoms with van der Waals surface area (Å²) in [6.07, 6.45) is 1.11. The average molecular weight is 296 g/mol. The number of hydrogen-bond donors (Lipinski definition) is 0. The fourth-order valence-electron chi connectivity index (χ4n) is 2.94. The molecule has 2 aromatic rings. The maximum Gasteiger partial charge on any atom is 0.269 e. The first-order valence-corrected chi connectivity index (χ1v) is 7.19. The predicted octanol–water partition coefficient (Wildman–Crippen LogP) is 3.12. The summed E-state index contributed by atoms with van der Waals surface area (Å²) in [4.78, 5) is 24.6. The summed E-state index contributed by atoms with van der Waals surface area (Å²) in [7, 11) is 0. The Hall–Kier alpha value is -2.69. The molecule has 1 heterocycles. The van der Waals surface area contributed by atoms with Crippen LogP contribution in [-0.4, -0.2) is 16.9 Å². The summed E-state index contributed by atoms with van der Waals surface area (Å²) in [5, 5.41) is 10.7. The summed E-state index contributed by atoms with van der Waals surface area (Å²) in [6, 6.07) is 14.2. The Morgan fingerprint density at radius 2 is 1.91 bits per heavy atom. The maximum absolute atomic E-state index is 12.6. The van der Waals surface area contributed by atoms with Gasteiger partial charge in [-0.05, 0) is 30.5 Å². The van der Waals surface area contributed by atoms with Gasteiger partial charge in [-0.15, -0.1) is 0 Å². The number of nitro benzene ring substituents is 1. The molecule has 0 unspecified atom stereocenters. The zero-order valence-corrected chi connectivity index (χ0v) is 12.2. The van der Waals surface area contributed by atoms with E-state index in [0.717, 1.165) is 17.7 Å². The highest BCUT2D eigenvalue weighted by molar-refractivity contribution is 5.97. The Morgan fingerprint density at radius 3 is 2.59 bits per heavy atom. The van der Waals surface area contributed by atoms with Crippen LogP contribution in [0.5, 0.6) is 0 Å². The van der Waals surface area contributed by atoms with Crippen LogP contribution in [-0.2, 0) is 17.6 Å². The second-order valence-corrected chi connectivity index (χ2v) is 5.55. The lowest BCUT2D eigenvalue weighted by atomic mass is 10.1. The number of amides is 1. The zero-order chi connectivity index (χ0) is 15.7. The molecule has 5 heteroatoms. The molecule has 2 aromatic carbocycles. The summed E-state index contributed by atoms with van der Waals surface area (Å²) >= 11 is 0. The first-order valence-electron chi connectivity index (χ1n) is 7.19. The molecule has 0 N–H and O–H groups in total.